The molecule has 0 fully saturated rings. The maximum absolute atomic E-state index is 3.55. The van der Waals surface area contributed by atoms with Crippen molar-refractivity contribution < 1.29 is 46.5 Å². The second kappa shape index (κ2) is 9.79. The van der Waals surface area contributed by atoms with Gasteiger partial charge in [-0.1, -0.05) is 44.1 Å². The van der Waals surface area contributed by atoms with Crippen LogP contribution in [0, 0.1) is 11.5 Å². The van der Waals surface area contributed by atoms with Crippen LogP contribution in [-0.2, 0) is 21.7 Å². The molecule has 2 rings (SSSR count). The van der Waals surface area contributed by atoms with Crippen LogP contribution in [0.1, 0.15) is 47.5 Å². The largest absolute Gasteiger partial charge is 3.00 e. The van der Waals surface area contributed by atoms with Crippen LogP contribution in [0.15, 0.2) is 41.0 Å². The first kappa shape index (κ1) is 24.9. The van der Waals surface area contributed by atoms with Crippen molar-refractivity contribution in [2.24, 2.45) is 5.41 Å². The Morgan fingerprint density at radius 2 is 1.91 bits per heavy atom. The normalized spacial score (nSPS) is 23.4. The van der Waals surface area contributed by atoms with Gasteiger partial charge in [-0.25, -0.2) is 11.6 Å². The first-order valence-corrected chi connectivity index (χ1v) is 8.20. The zero-order valence-electron chi connectivity index (χ0n) is 14.1. The van der Waals surface area contributed by atoms with E-state index in [1.165, 1.54) is 16.7 Å². The Labute approximate surface area is 168 Å². The summed E-state index contributed by atoms with van der Waals surface area (Å²) >= 11 is 2.10. The number of halogens is 2. The van der Waals surface area contributed by atoms with Crippen LogP contribution in [0.2, 0.25) is 0 Å². The molecule has 0 bridgehead atoms. The molecular weight excluding hydrogens is 367 g/mol. The van der Waals surface area contributed by atoms with Gasteiger partial charge in [0.1, 0.15) is 0 Å². The number of hydrogen-bond donors (Lipinski definition) is 0. The maximum atomic E-state index is 3.55. The van der Waals surface area contributed by atoms with Gasteiger partial charge in [0.15, 0.2) is 0 Å². The molecule has 0 N–H and O–H groups in total. The Morgan fingerprint density at radius 3 is 2.36 bits per heavy atom. The number of rotatable bonds is 4. The topological polar surface area (TPSA) is 0 Å². The second-order valence-corrected chi connectivity index (χ2v) is 7.62. The fourth-order valence-corrected chi connectivity index (χ4v) is 4.83. The van der Waals surface area contributed by atoms with Crippen LogP contribution in [0.3, 0.4) is 0 Å². The van der Waals surface area contributed by atoms with Crippen LogP contribution < -0.4 is 24.8 Å². The quantitative estimate of drug-likeness (QED) is 0.459. The molecule has 1 atom stereocenters. The summed E-state index contributed by atoms with van der Waals surface area (Å²) in [6.07, 6.45) is 14.9. The van der Waals surface area contributed by atoms with E-state index >= 15 is 0 Å². The molecule has 0 saturated heterocycles. The van der Waals surface area contributed by atoms with Crippen molar-refractivity contribution in [2.75, 3.05) is 5.75 Å². The molecule has 2 aliphatic rings. The van der Waals surface area contributed by atoms with Gasteiger partial charge in [0.05, 0.1) is 0 Å². The molecule has 0 nitrogen and oxygen atoms in total. The van der Waals surface area contributed by atoms with E-state index in [-0.39, 0.29) is 56.7 Å². The number of thioether (sulfide) groups is 1. The van der Waals surface area contributed by atoms with E-state index in [2.05, 4.69) is 76.8 Å². The van der Waals surface area contributed by atoms with Gasteiger partial charge in [0.25, 0.3) is 0 Å². The van der Waals surface area contributed by atoms with E-state index in [9.17, 15) is 0 Å². The van der Waals surface area contributed by atoms with E-state index in [0.717, 1.165) is 18.6 Å². The van der Waals surface area contributed by atoms with Crippen molar-refractivity contribution in [2.45, 2.75) is 52.2 Å². The van der Waals surface area contributed by atoms with Crippen LogP contribution >= 0.6 is 11.8 Å². The van der Waals surface area contributed by atoms with Crippen molar-refractivity contribution in [3.8, 4) is 0 Å². The minimum absolute atomic E-state index is 0. The summed E-state index contributed by atoms with van der Waals surface area (Å²) in [5, 5.41) is 0. The Bertz CT molecular complexity index is 489. The third-order valence-corrected chi connectivity index (χ3v) is 6.34. The van der Waals surface area contributed by atoms with E-state index in [1.807, 2.05) is 0 Å². The standard InChI is InChI=1S/C18H25S.2ClH.Ti/c1-6-19-18(12-11-14(2)13-15(18)3)17(4,5)16-9-7-8-10-16;;;/h7,9,11,13H,6,8,12H2,1-5H3;2*1H;/q-1;;;+3/p-2. The van der Waals surface area contributed by atoms with E-state index in [1.54, 1.807) is 0 Å². The zero-order valence-corrected chi connectivity index (χ0v) is 18.0. The molecular formula is C18H25Cl2STi. The molecule has 0 aromatic carbocycles. The SMILES string of the molecule is CCSC1(C(C)(C)C2=[C-]CC=C2)CC=C(C)C=C1C.[Cl-].[Cl-].[Ti+3]. The molecule has 0 heterocycles. The molecule has 4 heteroatoms. The van der Waals surface area contributed by atoms with Gasteiger partial charge in [0.2, 0.25) is 0 Å². The molecule has 0 aliphatic heterocycles. The Balaban J connectivity index is 0. The Hall–Kier alpha value is 0.604. The van der Waals surface area contributed by atoms with E-state index in [4.69, 9.17) is 0 Å². The third-order valence-electron chi connectivity index (χ3n) is 4.56. The van der Waals surface area contributed by atoms with Gasteiger partial charge in [-0.2, -0.15) is 6.08 Å². The van der Waals surface area contributed by atoms with Crippen molar-refractivity contribution >= 4 is 11.8 Å². The molecule has 0 amide bonds. The molecule has 2 aliphatic carbocycles. The summed E-state index contributed by atoms with van der Waals surface area (Å²) in [5.74, 6) is 1.15. The molecule has 0 aromatic heterocycles. The first-order chi connectivity index (χ1) is 8.94. The Kier molecular flexibility index (Phi) is 11.1. The maximum Gasteiger partial charge on any atom is 3.00 e. The average molecular weight is 392 g/mol. The summed E-state index contributed by atoms with van der Waals surface area (Å²) in [5.41, 5.74) is 4.42. The minimum Gasteiger partial charge on any atom is -1.00 e. The van der Waals surface area contributed by atoms with Crippen molar-refractivity contribution in [3.63, 3.8) is 0 Å². The van der Waals surface area contributed by atoms with Gasteiger partial charge in [-0.3, -0.25) is 6.08 Å². The van der Waals surface area contributed by atoms with Gasteiger partial charge in [-0.15, -0.1) is 18.2 Å². The zero-order chi connectivity index (χ0) is 14.1. The first-order valence-electron chi connectivity index (χ1n) is 7.21. The fourth-order valence-electron chi connectivity index (χ4n) is 3.38. The number of allylic oxidation sites excluding steroid dienone is 7. The summed E-state index contributed by atoms with van der Waals surface area (Å²) in [7, 11) is 0. The predicted octanol–water partition coefficient (Wildman–Crippen LogP) is -0.504. The molecule has 0 spiro atoms. The number of hydrogen-bond acceptors (Lipinski definition) is 1. The van der Waals surface area contributed by atoms with Gasteiger partial charge in [0, 0.05) is 4.75 Å². The van der Waals surface area contributed by atoms with Crippen molar-refractivity contribution in [1.82, 2.24) is 0 Å². The van der Waals surface area contributed by atoms with E-state index in [0.29, 0.717) is 0 Å². The second-order valence-electron chi connectivity index (χ2n) is 6.06. The molecule has 22 heavy (non-hydrogen) atoms. The molecule has 1 radical (unpaired) electrons. The third kappa shape index (κ3) is 4.36. The van der Waals surface area contributed by atoms with Gasteiger partial charge < -0.3 is 24.8 Å². The molecule has 0 aromatic rings. The fraction of sp³-hybridized carbons (Fsp3) is 0.556. The Morgan fingerprint density at radius 1 is 1.27 bits per heavy atom. The smallest absolute Gasteiger partial charge is 1.00 e. The van der Waals surface area contributed by atoms with Crippen LogP contribution in [-0.4, -0.2) is 10.5 Å². The van der Waals surface area contributed by atoms with Crippen molar-refractivity contribution in [3.05, 3.63) is 47.1 Å². The summed E-state index contributed by atoms with van der Waals surface area (Å²) in [4.78, 5) is 0. The molecule has 0 saturated carbocycles. The van der Waals surface area contributed by atoms with Crippen LogP contribution in [0.5, 0.6) is 0 Å². The summed E-state index contributed by atoms with van der Waals surface area (Å²) in [6, 6.07) is 0. The monoisotopic (exact) mass is 391 g/mol. The molecule has 121 valence electrons. The van der Waals surface area contributed by atoms with E-state index < -0.39 is 0 Å². The molecule has 1 unspecified atom stereocenters. The van der Waals surface area contributed by atoms with Gasteiger partial charge in [-0.05, 0) is 31.4 Å². The van der Waals surface area contributed by atoms with Crippen molar-refractivity contribution in [1.29, 1.82) is 0 Å². The summed E-state index contributed by atoms with van der Waals surface area (Å²) < 4.78 is 0.179. The van der Waals surface area contributed by atoms with Crippen LogP contribution in [0.4, 0.5) is 0 Å². The predicted molar refractivity (Wildman–Crippen MR) is 87.3 cm³/mol. The minimum atomic E-state index is 0. The average Bonchev–Trinajstić information content (AvgIpc) is 2.87. The van der Waals surface area contributed by atoms with Crippen LogP contribution in [0.25, 0.3) is 0 Å². The van der Waals surface area contributed by atoms with Gasteiger partial charge >= 0.3 is 21.7 Å². The summed E-state index contributed by atoms with van der Waals surface area (Å²) in [6.45, 7) is 11.6.